The van der Waals surface area contributed by atoms with Crippen LogP contribution in [0.4, 0.5) is 0 Å². The summed E-state index contributed by atoms with van der Waals surface area (Å²) in [4.78, 5) is 14.4. The van der Waals surface area contributed by atoms with Crippen LogP contribution in [0.3, 0.4) is 0 Å². The van der Waals surface area contributed by atoms with Crippen molar-refractivity contribution in [2.75, 3.05) is 6.54 Å². The van der Waals surface area contributed by atoms with Gasteiger partial charge >= 0.3 is 0 Å². The third-order valence-corrected chi connectivity index (χ3v) is 3.86. The van der Waals surface area contributed by atoms with Gasteiger partial charge in [-0.1, -0.05) is 20.8 Å². The number of aromatic nitrogens is 2. The van der Waals surface area contributed by atoms with Gasteiger partial charge in [0, 0.05) is 12.6 Å². The van der Waals surface area contributed by atoms with Gasteiger partial charge in [0.15, 0.2) is 5.69 Å². The van der Waals surface area contributed by atoms with Gasteiger partial charge in [0.05, 0.1) is 5.69 Å². The van der Waals surface area contributed by atoms with Gasteiger partial charge in [0.1, 0.15) is 0 Å². The van der Waals surface area contributed by atoms with E-state index in [-0.39, 0.29) is 5.91 Å². The lowest BCUT2D eigenvalue weighted by molar-refractivity contribution is 0.0600. The van der Waals surface area contributed by atoms with Crippen LogP contribution < -0.4 is 0 Å². The molecule has 0 saturated carbocycles. The van der Waals surface area contributed by atoms with Crippen molar-refractivity contribution < 1.29 is 4.79 Å². The molecule has 2 heterocycles. The Balaban J connectivity index is 2.13. The molecule has 1 aliphatic heterocycles. The quantitative estimate of drug-likeness (QED) is 0.840. The third-order valence-electron chi connectivity index (χ3n) is 3.86. The van der Waals surface area contributed by atoms with Crippen molar-refractivity contribution in [3.05, 3.63) is 23.5 Å². The highest BCUT2D eigenvalue weighted by Crippen LogP contribution is 2.21. The van der Waals surface area contributed by atoms with Gasteiger partial charge < -0.3 is 4.90 Å². The highest BCUT2D eigenvalue weighted by Gasteiger charge is 2.27. The first-order valence-corrected chi connectivity index (χ1v) is 7.28. The number of amides is 1. The average molecular weight is 261 g/mol. The minimum atomic E-state index is 0.0364. The summed E-state index contributed by atoms with van der Waals surface area (Å²) in [5.74, 6) is 0.379. The Kier molecular flexibility index (Phi) is 4.51. The van der Waals surface area contributed by atoms with E-state index < -0.39 is 0 Å². The first-order chi connectivity index (χ1) is 9.13. The minimum Gasteiger partial charge on any atom is -0.334 e. The van der Waals surface area contributed by atoms with Gasteiger partial charge in [-0.15, -0.1) is 5.10 Å². The molecule has 0 bridgehead atoms. The van der Waals surface area contributed by atoms with Crippen LogP contribution in [0.15, 0.2) is 12.1 Å². The number of nitrogens with zero attached hydrogens (tertiary/aromatic N) is 3. The SMILES string of the molecule is CCC1CCCCN1C(=O)c1ccc(C(C)C)nn1. The second-order valence-electron chi connectivity index (χ2n) is 5.55. The number of rotatable bonds is 3. The fourth-order valence-corrected chi connectivity index (χ4v) is 2.60. The third kappa shape index (κ3) is 3.11. The van der Waals surface area contributed by atoms with Crippen molar-refractivity contribution in [1.82, 2.24) is 15.1 Å². The maximum Gasteiger partial charge on any atom is 0.274 e. The second kappa shape index (κ2) is 6.13. The van der Waals surface area contributed by atoms with E-state index in [0.717, 1.165) is 31.5 Å². The predicted octanol–water partition coefficient (Wildman–Crippen LogP) is 3.00. The largest absolute Gasteiger partial charge is 0.334 e. The minimum absolute atomic E-state index is 0.0364. The Morgan fingerprint density at radius 2 is 2.16 bits per heavy atom. The summed E-state index contributed by atoms with van der Waals surface area (Å²) in [7, 11) is 0. The summed E-state index contributed by atoms with van der Waals surface area (Å²) in [5.41, 5.74) is 1.41. The van der Waals surface area contributed by atoms with Crippen LogP contribution in [0.2, 0.25) is 0 Å². The van der Waals surface area contributed by atoms with E-state index in [4.69, 9.17) is 0 Å². The summed E-state index contributed by atoms with van der Waals surface area (Å²) in [6.45, 7) is 7.14. The zero-order valence-corrected chi connectivity index (χ0v) is 12.1. The lowest BCUT2D eigenvalue weighted by atomic mass is 9.99. The van der Waals surface area contributed by atoms with Gasteiger partial charge in [-0.05, 0) is 43.7 Å². The van der Waals surface area contributed by atoms with Crippen LogP contribution in [0.25, 0.3) is 0 Å². The monoisotopic (exact) mass is 261 g/mol. The molecule has 1 fully saturated rings. The molecule has 4 nitrogen and oxygen atoms in total. The maximum atomic E-state index is 12.5. The van der Waals surface area contributed by atoms with Crippen molar-refractivity contribution in [2.45, 2.75) is 58.4 Å². The fraction of sp³-hybridized carbons (Fsp3) is 0.667. The number of carbonyl (C=O) groups is 1. The fourth-order valence-electron chi connectivity index (χ4n) is 2.60. The number of piperidine rings is 1. The van der Waals surface area contributed by atoms with Crippen LogP contribution in [0.5, 0.6) is 0 Å². The lowest BCUT2D eigenvalue weighted by Crippen LogP contribution is -2.43. The maximum absolute atomic E-state index is 12.5. The Labute approximate surface area is 115 Å². The van der Waals surface area contributed by atoms with E-state index in [1.807, 2.05) is 17.0 Å². The van der Waals surface area contributed by atoms with Gasteiger partial charge in [-0.3, -0.25) is 4.79 Å². The summed E-state index contributed by atoms with van der Waals surface area (Å²) < 4.78 is 0. The number of likely N-dealkylation sites (tertiary alicyclic amines) is 1. The van der Waals surface area contributed by atoms with Gasteiger partial charge in [0.2, 0.25) is 0 Å². The van der Waals surface area contributed by atoms with Gasteiger partial charge in [-0.25, -0.2) is 0 Å². The van der Waals surface area contributed by atoms with Gasteiger partial charge in [-0.2, -0.15) is 5.10 Å². The molecule has 1 aromatic heterocycles. The van der Waals surface area contributed by atoms with Crippen LogP contribution >= 0.6 is 0 Å². The normalized spacial score (nSPS) is 19.8. The van der Waals surface area contributed by atoms with Crippen LogP contribution in [-0.4, -0.2) is 33.6 Å². The molecule has 1 saturated heterocycles. The Hall–Kier alpha value is -1.45. The summed E-state index contributed by atoms with van der Waals surface area (Å²) >= 11 is 0. The molecule has 1 amide bonds. The summed E-state index contributed by atoms with van der Waals surface area (Å²) in [6.07, 6.45) is 4.45. The van der Waals surface area contributed by atoms with Crippen LogP contribution in [0, 0.1) is 0 Å². The topological polar surface area (TPSA) is 46.1 Å². The molecule has 104 valence electrons. The molecule has 4 heteroatoms. The van der Waals surface area contributed by atoms with Crippen LogP contribution in [0.1, 0.15) is 68.6 Å². The van der Waals surface area contributed by atoms with Gasteiger partial charge in [0.25, 0.3) is 5.91 Å². The molecular formula is C15H23N3O. The summed E-state index contributed by atoms with van der Waals surface area (Å²) in [6, 6.07) is 4.09. The van der Waals surface area contributed by atoms with Crippen LogP contribution in [-0.2, 0) is 0 Å². The van der Waals surface area contributed by atoms with Crippen molar-refractivity contribution in [1.29, 1.82) is 0 Å². The second-order valence-corrected chi connectivity index (χ2v) is 5.55. The van der Waals surface area contributed by atoms with E-state index >= 15 is 0 Å². The molecule has 2 rings (SSSR count). The molecule has 0 N–H and O–H groups in total. The molecule has 1 aromatic rings. The highest BCUT2D eigenvalue weighted by molar-refractivity contribution is 5.92. The molecule has 1 aliphatic rings. The zero-order valence-electron chi connectivity index (χ0n) is 12.1. The number of hydrogen-bond acceptors (Lipinski definition) is 3. The molecular weight excluding hydrogens is 238 g/mol. The number of carbonyl (C=O) groups excluding carboxylic acids is 1. The Bertz CT molecular complexity index is 428. The van der Waals surface area contributed by atoms with E-state index in [1.54, 1.807) is 0 Å². The average Bonchev–Trinajstić information content (AvgIpc) is 2.46. The molecule has 19 heavy (non-hydrogen) atoms. The molecule has 0 aromatic carbocycles. The lowest BCUT2D eigenvalue weighted by Gasteiger charge is -2.34. The van der Waals surface area contributed by atoms with Crippen molar-refractivity contribution >= 4 is 5.91 Å². The van der Waals surface area contributed by atoms with E-state index in [0.29, 0.717) is 17.7 Å². The number of hydrogen-bond donors (Lipinski definition) is 0. The first kappa shape index (κ1) is 14.0. The zero-order chi connectivity index (χ0) is 13.8. The molecule has 1 unspecified atom stereocenters. The standard InChI is InChI=1S/C15H23N3O/c1-4-12-7-5-6-10-18(12)15(19)14-9-8-13(11(2)3)16-17-14/h8-9,11-12H,4-7,10H2,1-3H3. The van der Waals surface area contributed by atoms with E-state index in [1.165, 1.54) is 6.42 Å². The predicted molar refractivity (Wildman–Crippen MR) is 75.1 cm³/mol. The smallest absolute Gasteiger partial charge is 0.274 e. The van der Waals surface area contributed by atoms with E-state index in [2.05, 4.69) is 31.0 Å². The van der Waals surface area contributed by atoms with Crippen molar-refractivity contribution in [3.8, 4) is 0 Å². The highest BCUT2D eigenvalue weighted by atomic mass is 16.2. The first-order valence-electron chi connectivity index (χ1n) is 7.28. The molecule has 0 radical (unpaired) electrons. The Morgan fingerprint density at radius 1 is 1.37 bits per heavy atom. The Morgan fingerprint density at radius 3 is 2.74 bits per heavy atom. The molecule has 0 aliphatic carbocycles. The summed E-state index contributed by atoms with van der Waals surface area (Å²) in [5, 5.41) is 8.25. The van der Waals surface area contributed by atoms with Crippen molar-refractivity contribution in [2.24, 2.45) is 0 Å². The van der Waals surface area contributed by atoms with E-state index in [9.17, 15) is 4.79 Å². The molecule has 0 spiro atoms. The molecule has 1 atom stereocenters. The van der Waals surface area contributed by atoms with Crippen molar-refractivity contribution in [3.63, 3.8) is 0 Å².